The summed E-state index contributed by atoms with van der Waals surface area (Å²) in [7, 11) is -4.19. The van der Waals surface area contributed by atoms with Crippen LogP contribution in [-0.2, 0) is 27.4 Å². The number of carbonyl (C=O) groups excluding carboxylic acids is 1. The number of para-hydroxylation sites is 1. The van der Waals surface area contributed by atoms with Crippen LogP contribution in [0.2, 0.25) is 0 Å². The Bertz CT molecular complexity index is 1380. The van der Waals surface area contributed by atoms with Crippen LogP contribution in [0.5, 0.6) is 0 Å². The predicted molar refractivity (Wildman–Crippen MR) is 117 cm³/mol. The van der Waals surface area contributed by atoms with Crippen LogP contribution in [0.4, 0.5) is 18.9 Å². The number of amides is 1. The number of halogens is 3. The Balaban J connectivity index is 2.00. The molecule has 0 aliphatic heterocycles. The Morgan fingerprint density at radius 3 is 2.21 bits per heavy atom. The molecule has 0 unspecified atom stereocenters. The van der Waals surface area contributed by atoms with Gasteiger partial charge < -0.3 is 9.88 Å². The molecule has 1 N–H and O–H groups in total. The first-order chi connectivity index (χ1) is 15.3. The van der Waals surface area contributed by atoms with Gasteiger partial charge in [0.05, 0.1) is 16.1 Å². The molecule has 0 spiro atoms. The summed E-state index contributed by atoms with van der Waals surface area (Å²) in [5.74, 6) is -0.903. The van der Waals surface area contributed by atoms with Gasteiger partial charge in [-0.15, -0.1) is 0 Å². The maximum absolute atomic E-state index is 13.2. The van der Waals surface area contributed by atoms with Gasteiger partial charge in [-0.2, -0.15) is 13.2 Å². The molecule has 3 rings (SSSR count). The summed E-state index contributed by atoms with van der Waals surface area (Å²) in [6, 6.07) is 11.9. The zero-order valence-electron chi connectivity index (χ0n) is 18.0. The molecule has 1 heterocycles. The summed E-state index contributed by atoms with van der Waals surface area (Å²) < 4.78 is 66.8. The first-order valence-corrected chi connectivity index (χ1v) is 11.3. The lowest BCUT2D eigenvalue weighted by atomic mass is 10.1. The van der Waals surface area contributed by atoms with E-state index < -0.39 is 50.2 Å². The Morgan fingerprint density at radius 2 is 1.61 bits per heavy atom. The number of nitrogens with zero attached hydrogens (tertiary/aromatic N) is 1. The molecule has 0 aliphatic rings. The molecule has 0 bridgehead atoms. The zero-order chi connectivity index (χ0) is 24.6. The van der Waals surface area contributed by atoms with E-state index in [2.05, 4.69) is 5.32 Å². The van der Waals surface area contributed by atoms with Crippen molar-refractivity contribution in [1.82, 2.24) is 4.57 Å². The summed E-state index contributed by atoms with van der Waals surface area (Å²) in [5.41, 5.74) is -1.08. The second-order valence-electron chi connectivity index (χ2n) is 7.60. The zero-order valence-corrected chi connectivity index (χ0v) is 18.8. The van der Waals surface area contributed by atoms with Gasteiger partial charge >= 0.3 is 6.18 Å². The standard InChI is InChI=1S/C23H21F3N2O4S/c1-14-8-10-17(11-9-14)33(31,32)21-15(2)12-16(3)28(22(21)30)13-20(29)27-19-7-5-4-6-18(19)23(24,25)26/h4-12H,13H2,1-3H3,(H,27,29). The molecular formula is C23H21F3N2O4S. The first kappa shape index (κ1) is 24.2. The fourth-order valence-corrected chi connectivity index (χ4v) is 4.99. The number of aryl methyl sites for hydroxylation is 3. The third kappa shape index (κ3) is 5.00. The maximum Gasteiger partial charge on any atom is 0.418 e. The van der Waals surface area contributed by atoms with Crippen molar-refractivity contribution in [2.75, 3.05) is 5.32 Å². The van der Waals surface area contributed by atoms with Crippen molar-refractivity contribution >= 4 is 21.4 Å². The molecule has 0 fully saturated rings. The molecule has 3 aromatic rings. The fraction of sp³-hybridized carbons (Fsp3) is 0.217. The van der Waals surface area contributed by atoms with Gasteiger partial charge in [0.25, 0.3) is 5.56 Å². The van der Waals surface area contributed by atoms with Gasteiger partial charge in [-0.3, -0.25) is 9.59 Å². The molecule has 0 atom stereocenters. The molecule has 0 aliphatic carbocycles. The Hall–Kier alpha value is -3.40. The number of benzene rings is 2. The van der Waals surface area contributed by atoms with Gasteiger partial charge in [0, 0.05) is 5.69 Å². The Morgan fingerprint density at radius 1 is 1.00 bits per heavy atom. The molecule has 0 saturated carbocycles. The lowest BCUT2D eigenvalue weighted by Crippen LogP contribution is -2.33. The second kappa shape index (κ2) is 8.86. The van der Waals surface area contributed by atoms with Crippen LogP contribution in [0.15, 0.2) is 69.2 Å². The van der Waals surface area contributed by atoms with Gasteiger partial charge in [-0.1, -0.05) is 29.8 Å². The van der Waals surface area contributed by atoms with Gasteiger partial charge in [0.1, 0.15) is 11.4 Å². The third-order valence-electron chi connectivity index (χ3n) is 5.06. The second-order valence-corrected chi connectivity index (χ2v) is 9.48. The van der Waals surface area contributed by atoms with E-state index in [1.165, 1.54) is 44.2 Å². The van der Waals surface area contributed by atoms with Crippen molar-refractivity contribution in [3.8, 4) is 0 Å². The largest absolute Gasteiger partial charge is 0.418 e. The van der Waals surface area contributed by atoms with Gasteiger partial charge in [0.2, 0.25) is 15.7 Å². The number of aromatic nitrogens is 1. The molecule has 33 heavy (non-hydrogen) atoms. The first-order valence-electron chi connectivity index (χ1n) is 9.81. The molecule has 0 saturated heterocycles. The van der Waals surface area contributed by atoms with E-state index in [1.807, 2.05) is 0 Å². The molecule has 10 heteroatoms. The van der Waals surface area contributed by atoms with Crippen LogP contribution in [0.25, 0.3) is 0 Å². The van der Waals surface area contributed by atoms with E-state index >= 15 is 0 Å². The van der Waals surface area contributed by atoms with Crippen LogP contribution in [0, 0.1) is 20.8 Å². The van der Waals surface area contributed by atoms with E-state index in [0.29, 0.717) is 5.69 Å². The van der Waals surface area contributed by atoms with Crippen molar-refractivity contribution in [3.63, 3.8) is 0 Å². The average molecular weight is 478 g/mol. The SMILES string of the molecule is Cc1ccc(S(=O)(=O)c2c(C)cc(C)n(CC(=O)Nc3ccccc3C(F)(F)F)c2=O)cc1. The van der Waals surface area contributed by atoms with Crippen LogP contribution < -0.4 is 10.9 Å². The fourth-order valence-electron chi connectivity index (χ4n) is 3.44. The number of nitrogens with one attached hydrogen (secondary N) is 1. The molecule has 6 nitrogen and oxygen atoms in total. The van der Waals surface area contributed by atoms with Gasteiger partial charge in [-0.05, 0) is 56.7 Å². The topological polar surface area (TPSA) is 85.2 Å². The number of sulfone groups is 1. The van der Waals surface area contributed by atoms with Crippen LogP contribution >= 0.6 is 0 Å². The number of rotatable bonds is 5. The molecular weight excluding hydrogens is 457 g/mol. The molecule has 1 amide bonds. The minimum Gasteiger partial charge on any atom is -0.324 e. The van der Waals surface area contributed by atoms with E-state index in [9.17, 15) is 31.2 Å². The minimum absolute atomic E-state index is 0.0766. The summed E-state index contributed by atoms with van der Waals surface area (Å²) in [4.78, 5) is 25.1. The van der Waals surface area contributed by atoms with Crippen molar-refractivity contribution in [3.05, 3.63) is 87.3 Å². The highest BCUT2D eigenvalue weighted by atomic mass is 32.2. The lowest BCUT2D eigenvalue weighted by Gasteiger charge is -2.16. The lowest BCUT2D eigenvalue weighted by molar-refractivity contribution is -0.137. The Kier molecular flexibility index (Phi) is 6.51. The highest BCUT2D eigenvalue weighted by Crippen LogP contribution is 2.34. The van der Waals surface area contributed by atoms with Crippen molar-refractivity contribution < 1.29 is 26.4 Å². The number of pyridine rings is 1. The molecule has 174 valence electrons. The van der Waals surface area contributed by atoms with E-state index in [1.54, 1.807) is 19.1 Å². The van der Waals surface area contributed by atoms with Crippen LogP contribution in [0.1, 0.15) is 22.4 Å². The predicted octanol–water partition coefficient (Wildman–Crippen LogP) is 4.26. The highest BCUT2D eigenvalue weighted by molar-refractivity contribution is 7.91. The number of hydrogen-bond donors (Lipinski definition) is 1. The Labute approximate surface area is 188 Å². The summed E-state index contributed by atoms with van der Waals surface area (Å²) in [6.45, 7) is 4.11. The van der Waals surface area contributed by atoms with Crippen molar-refractivity contribution in [1.29, 1.82) is 0 Å². The smallest absolute Gasteiger partial charge is 0.324 e. The van der Waals surface area contributed by atoms with Gasteiger partial charge in [0.15, 0.2) is 0 Å². The van der Waals surface area contributed by atoms with Crippen molar-refractivity contribution in [2.24, 2.45) is 0 Å². The summed E-state index contributed by atoms with van der Waals surface area (Å²) in [6.07, 6.45) is -4.68. The molecule has 2 aromatic carbocycles. The van der Waals surface area contributed by atoms with E-state index in [-0.39, 0.29) is 10.5 Å². The average Bonchev–Trinajstić information content (AvgIpc) is 2.70. The monoisotopic (exact) mass is 478 g/mol. The van der Waals surface area contributed by atoms with Gasteiger partial charge in [-0.25, -0.2) is 8.42 Å². The van der Waals surface area contributed by atoms with E-state index in [0.717, 1.165) is 22.3 Å². The number of hydrogen-bond acceptors (Lipinski definition) is 4. The summed E-state index contributed by atoms with van der Waals surface area (Å²) in [5, 5.41) is 2.16. The van der Waals surface area contributed by atoms with Crippen LogP contribution in [0.3, 0.4) is 0 Å². The number of alkyl halides is 3. The number of carbonyl (C=O) groups is 1. The van der Waals surface area contributed by atoms with Crippen molar-refractivity contribution in [2.45, 2.75) is 43.3 Å². The quantitative estimate of drug-likeness (QED) is 0.594. The number of anilines is 1. The normalized spacial score (nSPS) is 11.9. The van der Waals surface area contributed by atoms with Crippen LogP contribution in [-0.4, -0.2) is 18.9 Å². The maximum atomic E-state index is 13.2. The minimum atomic E-state index is -4.68. The molecule has 1 aromatic heterocycles. The third-order valence-corrected chi connectivity index (χ3v) is 6.98. The summed E-state index contributed by atoms with van der Waals surface area (Å²) >= 11 is 0. The van der Waals surface area contributed by atoms with E-state index in [4.69, 9.17) is 0 Å². The highest BCUT2D eigenvalue weighted by Gasteiger charge is 2.33. The molecule has 0 radical (unpaired) electrons.